The molecule has 6 heteroatoms. The molecule has 0 aromatic rings. The monoisotopic (exact) mass is 375 g/mol. The van der Waals surface area contributed by atoms with Crippen LogP contribution in [0, 0.1) is 0 Å². The van der Waals surface area contributed by atoms with Crippen LogP contribution in [0.4, 0.5) is 0 Å². The lowest BCUT2D eigenvalue weighted by molar-refractivity contribution is -0.141. The number of carboxylic acids is 1. The van der Waals surface area contributed by atoms with Gasteiger partial charge in [-0.2, -0.15) is 0 Å². The van der Waals surface area contributed by atoms with Gasteiger partial charge in [0.15, 0.2) is 0 Å². The average Bonchev–Trinajstić information content (AvgIpc) is 2.56. The van der Waals surface area contributed by atoms with E-state index in [-0.39, 0.29) is 18.1 Å². The molecule has 0 rings (SSSR count). The molecule has 0 saturated heterocycles. The predicted octanol–water partition coefficient (Wildman–Crippen LogP) is 4.03. The first-order valence-corrected chi connectivity index (χ1v) is 11.5. The summed E-state index contributed by atoms with van der Waals surface area (Å²) in [4.78, 5) is 22.9. The molecule has 0 aromatic heterocycles. The normalized spacial score (nSPS) is 13.4. The van der Waals surface area contributed by atoms with Crippen molar-refractivity contribution in [3.05, 3.63) is 0 Å². The summed E-state index contributed by atoms with van der Waals surface area (Å²) in [5, 5.41) is 11.6. The first-order valence-electron chi connectivity index (χ1n) is 9.79. The number of hydrogen-bond acceptors (Lipinski definition) is 3. The van der Waals surface area contributed by atoms with Gasteiger partial charge in [0.2, 0.25) is 5.91 Å². The summed E-state index contributed by atoms with van der Waals surface area (Å²) in [6.07, 6.45) is 15.5. The van der Waals surface area contributed by atoms with E-state index < -0.39 is 23.2 Å². The van der Waals surface area contributed by atoms with Crippen LogP contribution in [0.5, 0.6) is 0 Å². The zero-order valence-electron chi connectivity index (χ0n) is 16.1. The second-order valence-corrected chi connectivity index (χ2v) is 8.36. The van der Waals surface area contributed by atoms with E-state index in [9.17, 15) is 14.1 Å². The minimum Gasteiger partial charge on any atom is -0.617 e. The van der Waals surface area contributed by atoms with Crippen LogP contribution in [-0.4, -0.2) is 39.6 Å². The van der Waals surface area contributed by atoms with Gasteiger partial charge in [-0.3, -0.25) is 4.79 Å². The third-order valence-electron chi connectivity index (χ3n) is 4.33. The molecule has 0 aliphatic rings. The Morgan fingerprint density at radius 1 is 0.960 bits per heavy atom. The molecule has 25 heavy (non-hydrogen) atoms. The molecule has 0 saturated carbocycles. The Bertz CT molecular complexity index is 350. The minimum atomic E-state index is -1.06. The lowest BCUT2D eigenvalue weighted by Gasteiger charge is -2.14. The van der Waals surface area contributed by atoms with E-state index in [0.29, 0.717) is 6.42 Å². The molecule has 5 nitrogen and oxygen atoms in total. The summed E-state index contributed by atoms with van der Waals surface area (Å²) in [5.41, 5.74) is 0. The Hall–Kier alpha value is -0.750. The van der Waals surface area contributed by atoms with Crippen LogP contribution in [0.3, 0.4) is 0 Å². The SMILES string of the molecule is CCCCCCCCCCCCCC(=O)NC(CC[S+](C)[O-])C(=O)O. The standard InChI is InChI=1S/C19H37NO4S/c1-3-4-5-6-7-8-9-10-11-12-13-14-18(21)20-17(19(22)23)15-16-25(2)24/h17H,3-16H2,1-2H3,(H,20,21)(H,22,23). The van der Waals surface area contributed by atoms with E-state index in [1.54, 1.807) is 0 Å². The van der Waals surface area contributed by atoms with E-state index in [0.717, 1.165) is 19.3 Å². The smallest absolute Gasteiger partial charge is 0.326 e. The van der Waals surface area contributed by atoms with E-state index in [4.69, 9.17) is 5.11 Å². The minimum absolute atomic E-state index is 0.211. The van der Waals surface area contributed by atoms with Crippen molar-refractivity contribution < 1.29 is 19.2 Å². The second-order valence-electron chi connectivity index (χ2n) is 6.81. The Labute approximate surface area is 156 Å². The largest absolute Gasteiger partial charge is 0.617 e. The lowest BCUT2D eigenvalue weighted by atomic mass is 10.1. The number of unbranched alkanes of at least 4 members (excludes halogenated alkanes) is 10. The summed E-state index contributed by atoms with van der Waals surface area (Å²) in [5.74, 6) is -0.988. The van der Waals surface area contributed by atoms with Gasteiger partial charge in [0.1, 0.15) is 11.8 Å². The number of amides is 1. The predicted molar refractivity (Wildman–Crippen MR) is 104 cm³/mol. The molecule has 0 aliphatic carbocycles. The molecule has 2 N–H and O–H groups in total. The molecule has 0 aliphatic heterocycles. The molecule has 0 heterocycles. The Morgan fingerprint density at radius 2 is 1.44 bits per heavy atom. The topological polar surface area (TPSA) is 89.5 Å². The van der Waals surface area contributed by atoms with Crippen LogP contribution in [-0.2, 0) is 20.8 Å². The fourth-order valence-electron chi connectivity index (χ4n) is 2.76. The van der Waals surface area contributed by atoms with Crippen LogP contribution in [0.15, 0.2) is 0 Å². The summed E-state index contributed by atoms with van der Waals surface area (Å²) in [7, 11) is 0. The molecular formula is C19H37NO4S. The maximum absolute atomic E-state index is 11.8. The number of carbonyl (C=O) groups excluding carboxylic acids is 1. The summed E-state index contributed by atoms with van der Waals surface area (Å²) >= 11 is -1.05. The van der Waals surface area contributed by atoms with Gasteiger partial charge in [-0.25, -0.2) is 4.79 Å². The highest BCUT2D eigenvalue weighted by Crippen LogP contribution is 2.12. The molecular weight excluding hydrogens is 338 g/mol. The molecule has 148 valence electrons. The number of hydrogen-bond donors (Lipinski definition) is 2. The van der Waals surface area contributed by atoms with Crippen molar-refractivity contribution in [2.45, 2.75) is 96.4 Å². The Morgan fingerprint density at radius 3 is 1.88 bits per heavy atom. The van der Waals surface area contributed by atoms with Crippen LogP contribution in [0.2, 0.25) is 0 Å². The average molecular weight is 376 g/mol. The molecule has 2 atom stereocenters. The fourth-order valence-corrected chi connectivity index (χ4v) is 3.33. The van der Waals surface area contributed by atoms with Gasteiger partial charge >= 0.3 is 5.97 Å². The molecule has 0 bridgehead atoms. The van der Waals surface area contributed by atoms with Crippen LogP contribution >= 0.6 is 0 Å². The van der Waals surface area contributed by atoms with Crippen LogP contribution < -0.4 is 5.32 Å². The van der Waals surface area contributed by atoms with Gasteiger partial charge in [0.05, 0.1) is 6.26 Å². The highest BCUT2D eigenvalue weighted by Gasteiger charge is 2.21. The molecule has 0 aromatic carbocycles. The van der Waals surface area contributed by atoms with Crippen molar-refractivity contribution in [3.63, 3.8) is 0 Å². The van der Waals surface area contributed by atoms with Crippen molar-refractivity contribution in [2.75, 3.05) is 12.0 Å². The summed E-state index contributed by atoms with van der Waals surface area (Å²) < 4.78 is 11.0. The zero-order valence-corrected chi connectivity index (χ0v) is 16.9. The zero-order chi connectivity index (χ0) is 18.9. The van der Waals surface area contributed by atoms with Gasteiger partial charge in [-0.1, -0.05) is 82.3 Å². The van der Waals surface area contributed by atoms with E-state index >= 15 is 0 Å². The van der Waals surface area contributed by atoms with Crippen LogP contribution in [0.25, 0.3) is 0 Å². The fraction of sp³-hybridized carbons (Fsp3) is 0.895. The van der Waals surface area contributed by atoms with Crippen molar-refractivity contribution in [1.82, 2.24) is 5.32 Å². The number of rotatable bonds is 17. The molecule has 0 radical (unpaired) electrons. The Balaban J connectivity index is 3.57. The maximum Gasteiger partial charge on any atom is 0.326 e. The summed E-state index contributed by atoms with van der Waals surface area (Å²) in [6.45, 7) is 2.23. The number of carbonyl (C=O) groups is 2. The van der Waals surface area contributed by atoms with Crippen LogP contribution in [0.1, 0.15) is 90.4 Å². The third-order valence-corrected chi connectivity index (χ3v) is 5.15. The maximum atomic E-state index is 11.8. The number of nitrogens with one attached hydrogen (secondary N) is 1. The number of carboxylic acid groups (broad SMARTS) is 1. The van der Waals surface area contributed by atoms with Crippen molar-refractivity contribution in [1.29, 1.82) is 0 Å². The van der Waals surface area contributed by atoms with Crippen molar-refractivity contribution in [3.8, 4) is 0 Å². The molecule has 0 spiro atoms. The quantitative estimate of drug-likeness (QED) is 0.297. The van der Waals surface area contributed by atoms with Gasteiger partial charge < -0.3 is 15.0 Å². The molecule has 2 unspecified atom stereocenters. The van der Waals surface area contributed by atoms with Gasteiger partial charge in [-0.05, 0) is 6.42 Å². The van der Waals surface area contributed by atoms with E-state index in [1.807, 2.05) is 0 Å². The second kappa shape index (κ2) is 16.7. The lowest BCUT2D eigenvalue weighted by Crippen LogP contribution is -2.41. The van der Waals surface area contributed by atoms with Gasteiger partial charge in [-0.15, -0.1) is 0 Å². The molecule has 0 fully saturated rings. The Kier molecular flexibility index (Phi) is 16.2. The highest BCUT2D eigenvalue weighted by atomic mass is 32.2. The van der Waals surface area contributed by atoms with Gasteiger partial charge in [0, 0.05) is 12.8 Å². The van der Waals surface area contributed by atoms with Crippen molar-refractivity contribution >= 4 is 23.1 Å². The first-order chi connectivity index (χ1) is 12.0. The van der Waals surface area contributed by atoms with Gasteiger partial charge in [0.25, 0.3) is 0 Å². The summed E-state index contributed by atoms with van der Waals surface area (Å²) in [6, 6.07) is -0.927. The van der Waals surface area contributed by atoms with E-state index in [1.165, 1.54) is 57.6 Å². The highest BCUT2D eigenvalue weighted by molar-refractivity contribution is 7.90. The first kappa shape index (κ1) is 24.2. The van der Waals surface area contributed by atoms with Crippen molar-refractivity contribution in [2.24, 2.45) is 0 Å². The number of aliphatic carboxylic acids is 1. The van der Waals surface area contributed by atoms with E-state index in [2.05, 4.69) is 12.2 Å². The molecule has 1 amide bonds. The third kappa shape index (κ3) is 16.5.